The van der Waals surface area contributed by atoms with Gasteiger partial charge in [-0.1, -0.05) is 6.42 Å². The van der Waals surface area contributed by atoms with Crippen molar-refractivity contribution in [3.8, 4) is 0 Å². The number of nitrogens with zero attached hydrogens (tertiary/aromatic N) is 1. The maximum atomic E-state index is 13.8. The molecule has 0 radical (unpaired) electrons. The average Bonchev–Trinajstić information content (AvgIpc) is 3.49. The first-order chi connectivity index (χ1) is 16.9. The number of ether oxygens (including phenoxy) is 2. The topological polar surface area (TPSA) is 91.3 Å². The van der Waals surface area contributed by atoms with Gasteiger partial charge in [0.15, 0.2) is 0 Å². The Morgan fingerprint density at radius 2 is 1.89 bits per heavy atom. The third-order valence-corrected chi connectivity index (χ3v) is 9.26. The van der Waals surface area contributed by atoms with Crippen LogP contribution in [0.4, 0.5) is 8.78 Å². The average molecular weight is 501 g/mol. The maximum absolute atomic E-state index is 13.8. The number of aliphatic hydroxyl groups excluding tert-OH is 2. The summed E-state index contributed by atoms with van der Waals surface area (Å²) >= 11 is 0. The lowest BCUT2D eigenvalue weighted by molar-refractivity contribution is -0.159. The van der Waals surface area contributed by atoms with Gasteiger partial charge in [-0.3, -0.25) is 4.79 Å². The summed E-state index contributed by atoms with van der Waals surface area (Å²) in [6, 6.07) is 0.766. The van der Waals surface area contributed by atoms with E-state index in [1.165, 1.54) is 0 Å². The molecular formula is C26H42F2N2O5. The van der Waals surface area contributed by atoms with Crippen molar-refractivity contribution in [2.45, 2.75) is 101 Å². The molecule has 0 aromatic carbocycles. The Morgan fingerprint density at radius 1 is 1.03 bits per heavy atom. The molecule has 3 N–H and O–H groups in total. The summed E-state index contributed by atoms with van der Waals surface area (Å²) in [5, 5.41) is 24.9. The van der Waals surface area contributed by atoms with Crippen molar-refractivity contribution in [3.63, 3.8) is 0 Å². The van der Waals surface area contributed by atoms with Gasteiger partial charge in [0.1, 0.15) is 12.3 Å². The molecule has 5 fully saturated rings. The van der Waals surface area contributed by atoms with E-state index in [2.05, 4.69) is 5.32 Å². The van der Waals surface area contributed by atoms with Crippen LogP contribution in [0, 0.1) is 23.7 Å². The SMILES string of the molecule is O=C(C1C(O)CC(O)CC1OCC1CCC(F)C(F)C1)N1CC2CCCC(NC3CCOC3)C2C1. The van der Waals surface area contributed by atoms with E-state index in [4.69, 9.17) is 9.47 Å². The zero-order valence-electron chi connectivity index (χ0n) is 20.6. The van der Waals surface area contributed by atoms with E-state index >= 15 is 0 Å². The summed E-state index contributed by atoms with van der Waals surface area (Å²) in [5.41, 5.74) is 0. The zero-order chi connectivity index (χ0) is 24.5. The fraction of sp³-hybridized carbons (Fsp3) is 0.962. The smallest absolute Gasteiger partial charge is 0.230 e. The van der Waals surface area contributed by atoms with Crippen LogP contribution in [0.5, 0.6) is 0 Å². The Balaban J connectivity index is 1.21. The predicted molar refractivity (Wildman–Crippen MR) is 125 cm³/mol. The number of likely N-dealkylation sites (tertiary alicyclic amines) is 1. The number of amides is 1. The Bertz CT molecular complexity index is 726. The minimum absolute atomic E-state index is 0.0948. The van der Waals surface area contributed by atoms with Crippen LogP contribution in [0.15, 0.2) is 0 Å². The maximum Gasteiger partial charge on any atom is 0.230 e. The molecule has 2 heterocycles. The quantitative estimate of drug-likeness (QED) is 0.517. The highest BCUT2D eigenvalue weighted by atomic mass is 19.2. The number of halogens is 2. The number of carbonyl (C=O) groups is 1. The minimum Gasteiger partial charge on any atom is -0.393 e. The Morgan fingerprint density at radius 3 is 2.66 bits per heavy atom. The summed E-state index contributed by atoms with van der Waals surface area (Å²) in [7, 11) is 0. The highest BCUT2D eigenvalue weighted by Crippen LogP contribution is 2.39. The van der Waals surface area contributed by atoms with E-state index in [-0.39, 0.29) is 44.1 Å². The van der Waals surface area contributed by atoms with Gasteiger partial charge in [-0.05, 0) is 56.3 Å². The van der Waals surface area contributed by atoms with Gasteiger partial charge in [-0.25, -0.2) is 8.78 Å². The third kappa shape index (κ3) is 5.84. The number of hydrogen-bond acceptors (Lipinski definition) is 6. The lowest BCUT2D eigenvalue weighted by atomic mass is 9.78. The van der Waals surface area contributed by atoms with Crippen molar-refractivity contribution in [3.05, 3.63) is 0 Å². The highest BCUT2D eigenvalue weighted by Gasteiger charge is 2.48. The van der Waals surface area contributed by atoms with Gasteiger partial charge in [0, 0.05) is 51.2 Å². The lowest BCUT2D eigenvalue weighted by Gasteiger charge is -2.39. The molecule has 3 aliphatic carbocycles. The van der Waals surface area contributed by atoms with Gasteiger partial charge in [0.2, 0.25) is 5.91 Å². The number of carbonyl (C=O) groups excluding carboxylic acids is 1. The van der Waals surface area contributed by atoms with Crippen LogP contribution in [-0.2, 0) is 14.3 Å². The predicted octanol–water partition coefficient (Wildman–Crippen LogP) is 1.99. The second-order valence-corrected chi connectivity index (χ2v) is 11.7. The molecule has 0 aromatic rings. The molecule has 35 heavy (non-hydrogen) atoms. The van der Waals surface area contributed by atoms with Gasteiger partial charge in [0.05, 0.1) is 30.8 Å². The molecule has 2 saturated heterocycles. The fourth-order valence-electron chi connectivity index (χ4n) is 7.29. The van der Waals surface area contributed by atoms with Crippen molar-refractivity contribution in [2.24, 2.45) is 23.7 Å². The lowest BCUT2D eigenvalue weighted by Crippen LogP contribution is -2.52. The summed E-state index contributed by atoms with van der Waals surface area (Å²) < 4.78 is 39.0. The van der Waals surface area contributed by atoms with Crippen LogP contribution >= 0.6 is 0 Å². The Labute approximate surface area is 206 Å². The number of rotatable bonds is 6. The van der Waals surface area contributed by atoms with Crippen molar-refractivity contribution < 1.29 is 33.3 Å². The van der Waals surface area contributed by atoms with Gasteiger partial charge in [0.25, 0.3) is 0 Å². The minimum atomic E-state index is -1.47. The van der Waals surface area contributed by atoms with E-state index in [9.17, 15) is 23.8 Å². The largest absolute Gasteiger partial charge is 0.393 e. The molecule has 0 bridgehead atoms. The molecule has 1 amide bonds. The first-order valence-corrected chi connectivity index (χ1v) is 13.8. The van der Waals surface area contributed by atoms with Crippen LogP contribution < -0.4 is 5.32 Å². The van der Waals surface area contributed by atoms with Crippen LogP contribution in [0.2, 0.25) is 0 Å². The molecule has 200 valence electrons. The first kappa shape index (κ1) is 25.8. The van der Waals surface area contributed by atoms with Crippen molar-refractivity contribution in [1.29, 1.82) is 0 Å². The van der Waals surface area contributed by atoms with Crippen molar-refractivity contribution in [1.82, 2.24) is 10.2 Å². The summed E-state index contributed by atoms with van der Waals surface area (Å²) in [6.45, 7) is 3.16. The van der Waals surface area contributed by atoms with E-state index in [0.717, 1.165) is 38.9 Å². The first-order valence-electron chi connectivity index (χ1n) is 13.8. The number of alkyl halides is 2. The zero-order valence-corrected chi connectivity index (χ0v) is 20.6. The fourth-order valence-corrected chi connectivity index (χ4v) is 7.29. The standard InChI is InChI=1S/C26H42F2N2O5/c27-20-5-4-15(8-21(20)28)13-35-24-10-18(31)9-23(32)25(24)26(33)30-11-16-2-1-3-22(19(16)12-30)29-17-6-7-34-14-17/h15-25,29,31-32H,1-14H2. The summed E-state index contributed by atoms with van der Waals surface area (Å²) in [5.74, 6) is -0.0774. The summed E-state index contributed by atoms with van der Waals surface area (Å²) in [4.78, 5) is 15.6. The van der Waals surface area contributed by atoms with Crippen molar-refractivity contribution in [2.75, 3.05) is 32.9 Å². The van der Waals surface area contributed by atoms with Gasteiger partial charge >= 0.3 is 0 Å². The van der Waals surface area contributed by atoms with E-state index in [1.54, 1.807) is 0 Å². The van der Waals surface area contributed by atoms with E-state index in [1.807, 2.05) is 4.90 Å². The van der Waals surface area contributed by atoms with Crippen LogP contribution in [0.1, 0.15) is 57.8 Å². The van der Waals surface area contributed by atoms with Crippen LogP contribution in [0.3, 0.4) is 0 Å². The molecule has 5 aliphatic rings. The Kier molecular flexibility index (Phi) is 8.28. The normalized spacial score (nSPS) is 46.5. The van der Waals surface area contributed by atoms with Gasteiger partial charge in [-0.15, -0.1) is 0 Å². The molecule has 3 saturated carbocycles. The molecular weight excluding hydrogens is 458 g/mol. The highest BCUT2D eigenvalue weighted by molar-refractivity contribution is 5.80. The molecule has 7 nitrogen and oxygen atoms in total. The van der Waals surface area contributed by atoms with Crippen LogP contribution in [-0.4, -0.2) is 96.7 Å². The number of hydrogen-bond donors (Lipinski definition) is 3. The third-order valence-electron chi connectivity index (χ3n) is 9.26. The van der Waals surface area contributed by atoms with Gasteiger partial charge in [-0.2, -0.15) is 0 Å². The second kappa shape index (κ2) is 11.3. The number of nitrogens with one attached hydrogen (secondary N) is 1. The molecule has 2 aliphatic heterocycles. The van der Waals surface area contributed by atoms with E-state index in [0.29, 0.717) is 43.4 Å². The second-order valence-electron chi connectivity index (χ2n) is 11.7. The molecule has 11 atom stereocenters. The molecule has 0 spiro atoms. The van der Waals surface area contributed by atoms with Gasteiger partial charge < -0.3 is 29.9 Å². The molecule has 5 rings (SSSR count). The van der Waals surface area contributed by atoms with Crippen molar-refractivity contribution >= 4 is 5.91 Å². The molecule has 0 aromatic heterocycles. The van der Waals surface area contributed by atoms with Crippen LogP contribution in [0.25, 0.3) is 0 Å². The number of aliphatic hydroxyl groups is 2. The molecule has 11 unspecified atom stereocenters. The molecule has 9 heteroatoms. The Hall–Kier alpha value is -0.870. The monoisotopic (exact) mass is 500 g/mol. The summed E-state index contributed by atoms with van der Waals surface area (Å²) in [6.07, 6.45) is 0.484. The number of fused-ring (bicyclic) bond motifs is 1. The van der Waals surface area contributed by atoms with E-state index < -0.39 is 36.6 Å².